The molecular formula is C18H21NO6. The van der Waals surface area contributed by atoms with E-state index in [0.29, 0.717) is 22.8 Å². The topological polar surface area (TPSA) is 98.9 Å². The van der Waals surface area contributed by atoms with Gasteiger partial charge in [-0.05, 0) is 52.0 Å². The van der Waals surface area contributed by atoms with Crippen molar-refractivity contribution in [2.24, 2.45) is 0 Å². The second-order valence-corrected chi connectivity index (χ2v) is 6.48. The summed E-state index contributed by atoms with van der Waals surface area (Å²) in [5.41, 5.74) is 0.724. The Morgan fingerprint density at radius 2 is 1.84 bits per heavy atom. The Morgan fingerprint density at radius 3 is 2.40 bits per heavy atom. The van der Waals surface area contributed by atoms with Gasteiger partial charge in [0.15, 0.2) is 0 Å². The molecule has 134 valence electrons. The van der Waals surface area contributed by atoms with Crippen LogP contribution in [0.15, 0.2) is 28.8 Å². The van der Waals surface area contributed by atoms with Gasteiger partial charge < -0.3 is 19.1 Å². The van der Waals surface area contributed by atoms with E-state index in [2.05, 4.69) is 5.16 Å². The number of carbonyl (C=O) groups is 2. The van der Waals surface area contributed by atoms with Crippen LogP contribution in [0.1, 0.15) is 43.3 Å². The molecule has 0 aliphatic carbocycles. The molecule has 0 spiro atoms. The zero-order valence-corrected chi connectivity index (χ0v) is 14.7. The monoisotopic (exact) mass is 347 g/mol. The lowest BCUT2D eigenvalue weighted by Gasteiger charge is -2.19. The number of hydrogen-bond acceptors (Lipinski definition) is 6. The predicted molar refractivity (Wildman–Crippen MR) is 89.6 cm³/mol. The normalized spacial score (nSPS) is 11.2. The van der Waals surface area contributed by atoms with Gasteiger partial charge in [-0.25, -0.2) is 4.79 Å². The lowest BCUT2D eigenvalue weighted by molar-refractivity contribution is -0.137. The number of aryl methyl sites for hydroxylation is 1. The molecule has 0 saturated heterocycles. The number of ether oxygens (including phenoxy) is 2. The summed E-state index contributed by atoms with van der Waals surface area (Å²) in [6.45, 7) is 7.10. The van der Waals surface area contributed by atoms with Crippen molar-refractivity contribution in [1.29, 1.82) is 0 Å². The van der Waals surface area contributed by atoms with Crippen molar-refractivity contribution in [3.63, 3.8) is 0 Å². The molecule has 0 saturated carbocycles. The van der Waals surface area contributed by atoms with Crippen LogP contribution in [0.4, 0.5) is 0 Å². The first-order valence-electron chi connectivity index (χ1n) is 7.82. The number of carboxylic acid groups (broad SMARTS) is 1. The molecular weight excluding hydrogens is 326 g/mol. The van der Waals surface area contributed by atoms with Gasteiger partial charge in [0.1, 0.15) is 28.4 Å². The molecule has 2 rings (SSSR count). The first kappa shape index (κ1) is 18.5. The van der Waals surface area contributed by atoms with Gasteiger partial charge in [0.05, 0.1) is 13.0 Å². The molecule has 1 heterocycles. The third-order valence-corrected chi connectivity index (χ3v) is 3.18. The molecule has 1 aromatic carbocycles. The number of esters is 1. The number of nitrogens with zero attached hydrogens (tertiary/aromatic N) is 1. The molecule has 0 aliphatic heterocycles. The highest BCUT2D eigenvalue weighted by Crippen LogP contribution is 2.28. The van der Waals surface area contributed by atoms with Gasteiger partial charge in [0.2, 0.25) is 0 Å². The molecule has 7 nitrogen and oxygen atoms in total. The first-order chi connectivity index (χ1) is 11.7. The number of aromatic nitrogens is 1. The van der Waals surface area contributed by atoms with E-state index >= 15 is 0 Å². The first-order valence-corrected chi connectivity index (χ1v) is 7.82. The number of carbonyl (C=O) groups excluding carboxylic acids is 1. The summed E-state index contributed by atoms with van der Waals surface area (Å²) in [4.78, 5) is 22.9. The quantitative estimate of drug-likeness (QED) is 0.799. The van der Waals surface area contributed by atoms with E-state index in [-0.39, 0.29) is 18.6 Å². The molecule has 0 aliphatic rings. The maximum Gasteiger partial charge on any atom is 0.344 e. The van der Waals surface area contributed by atoms with Crippen molar-refractivity contribution in [2.45, 2.75) is 39.7 Å². The van der Waals surface area contributed by atoms with E-state index < -0.39 is 17.5 Å². The Balaban J connectivity index is 2.19. The lowest BCUT2D eigenvalue weighted by atomic mass is 10.1. The van der Waals surface area contributed by atoms with Gasteiger partial charge in [-0.2, -0.15) is 0 Å². The number of rotatable bonds is 6. The highest BCUT2D eigenvalue weighted by Gasteiger charge is 2.26. The van der Waals surface area contributed by atoms with Crippen molar-refractivity contribution in [2.75, 3.05) is 6.61 Å². The highest BCUT2D eigenvalue weighted by molar-refractivity contribution is 5.97. The number of aliphatic carboxylic acids is 1. The Labute approximate surface area is 145 Å². The fraction of sp³-hybridized carbons (Fsp3) is 0.389. The molecule has 0 atom stereocenters. The fourth-order valence-corrected chi connectivity index (χ4v) is 2.10. The van der Waals surface area contributed by atoms with Crippen LogP contribution >= 0.6 is 0 Å². The molecule has 0 amide bonds. The van der Waals surface area contributed by atoms with E-state index in [4.69, 9.17) is 19.1 Å². The van der Waals surface area contributed by atoms with Crippen LogP contribution in [-0.4, -0.2) is 34.4 Å². The van der Waals surface area contributed by atoms with E-state index in [0.717, 1.165) is 0 Å². The third-order valence-electron chi connectivity index (χ3n) is 3.18. The smallest absolute Gasteiger partial charge is 0.344 e. The standard InChI is InChI=1S/C18H21NO6/c1-11-15(17(22)24-18(2,3)4)16(19-25-11)12-5-7-13(8-6-12)23-10-9-14(20)21/h5-8H,9-10H2,1-4H3,(H,20,21). The van der Waals surface area contributed by atoms with Crippen molar-refractivity contribution < 1.29 is 28.7 Å². The maximum absolute atomic E-state index is 12.4. The van der Waals surface area contributed by atoms with Crippen molar-refractivity contribution in [1.82, 2.24) is 5.16 Å². The second-order valence-electron chi connectivity index (χ2n) is 6.48. The van der Waals surface area contributed by atoms with Gasteiger partial charge in [0, 0.05) is 5.56 Å². The highest BCUT2D eigenvalue weighted by atomic mass is 16.6. The van der Waals surface area contributed by atoms with Crippen LogP contribution in [0, 0.1) is 6.92 Å². The van der Waals surface area contributed by atoms with Gasteiger partial charge in [-0.3, -0.25) is 4.79 Å². The molecule has 1 N–H and O–H groups in total. The SMILES string of the molecule is Cc1onc(-c2ccc(OCCC(=O)O)cc2)c1C(=O)OC(C)(C)C. The Morgan fingerprint density at radius 1 is 1.20 bits per heavy atom. The van der Waals surface area contributed by atoms with Crippen LogP contribution < -0.4 is 4.74 Å². The summed E-state index contributed by atoms with van der Waals surface area (Å²) in [5, 5.41) is 12.6. The van der Waals surface area contributed by atoms with Gasteiger partial charge >= 0.3 is 11.9 Å². The zero-order chi connectivity index (χ0) is 18.6. The van der Waals surface area contributed by atoms with Crippen LogP contribution in [0.25, 0.3) is 11.3 Å². The minimum Gasteiger partial charge on any atom is -0.493 e. The number of benzene rings is 1. The average Bonchev–Trinajstić information content (AvgIpc) is 2.88. The average molecular weight is 347 g/mol. The zero-order valence-electron chi connectivity index (χ0n) is 14.7. The molecule has 0 fully saturated rings. The fourth-order valence-electron chi connectivity index (χ4n) is 2.10. The van der Waals surface area contributed by atoms with Crippen LogP contribution in [0.3, 0.4) is 0 Å². The molecule has 7 heteroatoms. The van der Waals surface area contributed by atoms with Crippen molar-refractivity contribution >= 4 is 11.9 Å². The molecule has 2 aromatic rings. The summed E-state index contributed by atoms with van der Waals surface area (Å²) >= 11 is 0. The number of hydrogen-bond donors (Lipinski definition) is 1. The van der Waals surface area contributed by atoms with Crippen molar-refractivity contribution in [3.05, 3.63) is 35.6 Å². The summed E-state index contributed by atoms with van der Waals surface area (Å²) in [6.07, 6.45) is -0.0764. The second kappa shape index (κ2) is 7.38. The minimum atomic E-state index is -0.920. The van der Waals surface area contributed by atoms with Crippen molar-refractivity contribution in [3.8, 4) is 17.0 Å². The Bertz CT molecular complexity index is 755. The maximum atomic E-state index is 12.4. The van der Waals surface area contributed by atoms with Crippen LogP contribution in [-0.2, 0) is 9.53 Å². The molecule has 0 unspecified atom stereocenters. The Kier molecular flexibility index (Phi) is 5.46. The Hall–Kier alpha value is -2.83. The van der Waals surface area contributed by atoms with E-state index in [1.807, 2.05) is 0 Å². The van der Waals surface area contributed by atoms with Gasteiger partial charge in [-0.15, -0.1) is 0 Å². The lowest BCUT2D eigenvalue weighted by Crippen LogP contribution is -2.24. The number of carboxylic acids is 1. The van der Waals surface area contributed by atoms with Crippen LogP contribution in [0.5, 0.6) is 5.75 Å². The van der Waals surface area contributed by atoms with E-state index in [9.17, 15) is 9.59 Å². The molecule has 0 radical (unpaired) electrons. The largest absolute Gasteiger partial charge is 0.493 e. The minimum absolute atomic E-state index is 0.0764. The third kappa shape index (κ3) is 5.07. The van der Waals surface area contributed by atoms with Crippen LogP contribution in [0.2, 0.25) is 0 Å². The molecule has 25 heavy (non-hydrogen) atoms. The summed E-state index contributed by atoms with van der Waals surface area (Å²) in [7, 11) is 0. The van der Waals surface area contributed by atoms with E-state index in [1.54, 1.807) is 52.0 Å². The molecule has 0 bridgehead atoms. The van der Waals surface area contributed by atoms with Gasteiger partial charge in [-0.1, -0.05) is 5.16 Å². The summed E-state index contributed by atoms with van der Waals surface area (Å²) in [5.74, 6) is -0.505. The predicted octanol–water partition coefficient (Wildman–Crippen LogP) is 3.46. The molecule has 1 aromatic heterocycles. The van der Waals surface area contributed by atoms with E-state index in [1.165, 1.54) is 0 Å². The summed E-state index contributed by atoms with van der Waals surface area (Å²) < 4.78 is 15.9. The van der Waals surface area contributed by atoms with Gasteiger partial charge in [0.25, 0.3) is 0 Å². The summed E-state index contributed by atoms with van der Waals surface area (Å²) in [6, 6.07) is 6.81.